The van der Waals surface area contributed by atoms with Crippen LogP contribution in [-0.4, -0.2) is 49.6 Å². The van der Waals surface area contributed by atoms with Crippen LogP contribution >= 0.6 is 15.9 Å². The average Bonchev–Trinajstić information content (AvgIpc) is 2.41. The molecule has 0 bridgehead atoms. The Morgan fingerprint density at radius 2 is 2.24 bits per heavy atom. The number of halogens is 1. The standard InChI is InChI=1S/C13H18BrN3O4/c1-16(9-12(18)15-6-7-21-2)8-10-4-3-5-11(13(10)14)17(19)20/h3-5H,6-9H2,1-2H3,(H,15,18). The van der Waals surface area contributed by atoms with Crippen LogP contribution in [0, 0.1) is 10.1 Å². The lowest BCUT2D eigenvalue weighted by Gasteiger charge is -2.17. The first-order valence-electron chi connectivity index (χ1n) is 6.31. The van der Waals surface area contributed by atoms with Crippen LogP contribution in [0.4, 0.5) is 5.69 Å². The van der Waals surface area contributed by atoms with Crippen molar-refractivity contribution in [3.8, 4) is 0 Å². The third-order valence-electron chi connectivity index (χ3n) is 2.74. The van der Waals surface area contributed by atoms with Crippen molar-refractivity contribution < 1.29 is 14.5 Å². The van der Waals surface area contributed by atoms with Gasteiger partial charge in [-0.05, 0) is 28.5 Å². The minimum absolute atomic E-state index is 0.0189. The molecular weight excluding hydrogens is 342 g/mol. The van der Waals surface area contributed by atoms with E-state index in [-0.39, 0.29) is 18.1 Å². The first-order chi connectivity index (χ1) is 9.95. The highest BCUT2D eigenvalue weighted by molar-refractivity contribution is 9.10. The number of hydrogen-bond acceptors (Lipinski definition) is 5. The van der Waals surface area contributed by atoms with E-state index in [1.54, 1.807) is 31.2 Å². The van der Waals surface area contributed by atoms with E-state index in [0.717, 1.165) is 5.56 Å². The summed E-state index contributed by atoms with van der Waals surface area (Å²) in [7, 11) is 3.35. The molecule has 7 nitrogen and oxygen atoms in total. The molecule has 21 heavy (non-hydrogen) atoms. The van der Waals surface area contributed by atoms with Gasteiger partial charge in [-0.2, -0.15) is 0 Å². The number of nitro benzene ring substituents is 1. The van der Waals surface area contributed by atoms with Crippen LogP contribution in [0.15, 0.2) is 22.7 Å². The van der Waals surface area contributed by atoms with Crippen LogP contribution in [0.1, 0.15) is 5.56 Å². The molecule has 0 aromatic heterocycles. The van der Waals surface area contributed by atoms with Gasteiger partial charge in [0.25, 0.3) is 5.69 Å². The van der Waals surface area contributed by atoms with E-state index >= 15 is 0 Å². The number of methoxy groups -OCH3 is 1. The van der Waals surface area contributed by atoms with Crippen molar-refractivity contribution >= 4 is 27.5 Å². The fourth-order valence-electron chi connectivity index (χ4n) is 1.77. The Hall–Kier alpha value is -1.51. The number of nitro groups is 1. The number of rotatable bonds is 8. The molecule has 0 radical (unpaired) electrons. The van der Waals surface area contributed by atoms with Crippen molar-refractivity contribution in [3.05, 3.63) is 38.3 Å². The molecular formula is C13H18BrN3O4. The second-order valence-corrected chi connectivity index (χ2v) is 5.32. The maximum atomic E-state index is 11.7. The van der Waals surface area contributed by atoms with Crippen molar-refractivity contribution in [1.82, 2.24) is 10.2 Å². The smallest absolute Gasteiger partial charge is 0.283 e. The minimum atomic E-state index is -0.439. The number of carbonyl (C=O) groups excluding carboxylic acids is 1. The van der Waals surface area contributed by atoms with Crippen molar-refractivity contribution in [1.29, 1.82) is 0 Å². The fraction of sp³-hybridized carbons (Fsp3) is 0.462. The number of nitrogens with one attached hydrogen (secondary N) is 1. The molecule has 0 fully saturated rings. The van der Waals surface area contributed by atoms with Crippen LogP contribution in [0.3, 0.4) is 0 Å². The molecule has 0 aliphatic rings. The summed E-state index contributed by atoms with van der Waals surface area (Å²) in [5, 5.41) is 13.6. The SMILES string of the molecule is COCCNC(=O)CN(C)Cc1cccc([N+](=O)[O-])c1Br. The number of benzene rings is 1. The van der Waals surface area contributed by atoms with Gasteiger partial charge >= 0.3 is 0 Å². The molecule has 1 N–H and O–H groups in total. The molecule has 0 unspecified atom stereocenters. The van der Waals surface area contributed by atoms with Gasteiger partial charge in [-0.15, -0.1) is 0 Å². The summed E-state index contributed by atoms with van der Waals surface area (Å²) < 4.78 is 5.29. The Morgan fingerprint density at radius 1 is 1.52 bits per heavy atom. The summed E-state index contributed by atoms with van der Waals surface area (Å²) in [4.78, 5) is 23.9. The number of hydrogen-bond donors (Lipinski definition) is 1. The van der Waals surface area contributed by atoms with Crippen molar-refractivity contribution in [2.75, 3.05) is 33.9 Å². The predicted octanol–water partition coefficient (Wildman–Crippen LogP) is 1.55. The summed E-state index contributed by atoms with van der Waals surface area (Å²) in [5.41, 5.74) is 0.779. The maximum absolute atomic E-state index is 11.7. The Bertz CT molecular complexity index is 510. The summed E-state index contributed by atoms with van der Waals surface area (Å²) in [5.74, 6) is -0.115. The highest BCUT2D eigenvalue weighted by Crippen LogP contribution is 2.28. The average molecular weight is 360 g/mol. The molecule has 0 aliphatic carbocycles. The largest absolute Gasteiger partial charge is 0.383 e. The van der Waals surface area contributed by atoms with E-state index < -0.39 is 4.92 Å². The van der Waals surface area contributed by atoms with E-state index in [4.69, 9.17) is 4.74 Å². The first-order valence-corrected chi connectivity index (χ1v) is 7.11. The molecule has 0 heterocycles. The summed E-state index contributed by atoms with van der Waals surface area (Å²) in [6.45, 7) is 1.56. The predicted molar refractivity (Wildman–Crippen MR) is 82.0 cm³/mol. The number of ether oxygens (including phenoxy) is 1. The van der Waals surface area contributed by atoms with Gasteiger partial charge in [0, 0.05) is 26.3 Å². The summed E-state index contributed by atoms with van der Waals surface area (Å²) in [6.07, 6.45) is 0. The Kier molecular flexibility index (Phi) is 7.27. The normalized spacial score (nSPS) is 10.7. The second kappa shape index (κ2) is 8.71. The van der Waals surface area contributed by atoms with Gasteiger partial charge in [0.05, 0.1) is 22.5 Å². The topological polar surface area (TPSA) is 84.7 Å². The zero-order chi connectivity index (χ0) is 15.8. The molecule has 1 aromatic carbocycles. The summed E-state index contributed by atoms with van der Waals surface area (Å²) in [6, 6.07) is 4.85. The molecule has 116 valence electrons. The number of likely N-dealkylation sites (N-methyl/N-ethyl adjacent to an activating group) is 1. The maximum Gasteiger partial charge on any atom is 0.283 e. The Labute approximate surface area is 131 Å². The van der Waals surface area contributed by atoms with Crippen LogP contribution in [0.2, 0.25) is 0 Å². The van der Waals surface area contributed by atoms with Crippen LogP contribution < -0.4 is 5.32 Å². The van der Waals surface area contributed by atoms with E-state index in [1.807, 2.05) is 0 Å². The molecule has 0 atom stereocenters. The highest BCUT2D eigenvalue weighted by atomic mass is 79.9. The van der Waals surface area contributed by atoms with Crippen LogP contribution in [0.25, 0.3) is 0 Å². The van der Waals surface area contributed by atoms with Gasteiger partial charge < -0.3 is 10.1 Å². The monoisotopic (exact) mass is 359 g/mol. The summed E-state index contributed by atoms with van der Waals surface area (Å²) >= 11 is 3.24. The fourth-order valence-corrected chi connectivity index (χ4v) is 2.30. The minimum Gasteiger partial charge on any atom is -0.383 e. The van der Waals surface area contributed by atoms with E-state index in [0.29, 0.717) is 24.2 Å². The molecule has 0 spiro atoms. The lowest BCUT2D eigenvalue weighted by molar-refractivity contribution is -0.385. The molecule has 1 aromatic rings. The van der Waals surface area contributed by atoms with Crippen LogP contribution in [0.5, 0.6) is 0 Å². The third-order valence-corrected chi connectivity index (χ3v) is 3.65. The Morgan fingerprint density at radius 3 is 2.86 bits per heavy atom. The van der Waals surface area contributed by atoms with Gasteiger partial charge in [0.1, 0.15) is 0 Å². The molecule has 1 amide bonds. The van der Waals surface area contributed by atoms with Gasteiger partial charge in [0.2, 0.25) is 5.91 Å². The van der Waals surface area contributed by atoms with E-state index in [2.05, 4.69) is 21.2 Å². The van der Waals surface area contributed by atoms with Crippen molar-refractivity contribution in [3.63, 3.8) is 0 Å². The van der Waals surface area contributed by atoms with Crippen LogP contribution in [-0.2, 0) is 16.1 Å². The number of amides is 1. The quantitative estimate of drug-likeness (QED) is 0.432. The van der Waals surface area contributed by atoms with Gasteiger partial charge in [0.15, 0.2) is 0 Å². The molecule has 0 saturated carbocycles. The van der Waals surface area contributed by atoms with E-state index in [1.165, 1.54) is 6.07 Å². The second-order valence-electron chi connectivity index (χ2n) is 4.52. The Balaban J connectivity index is 2.59. The van der Waals surface area contributed by atoms with E-state index in [9.17, 15) is 14.9 Å². The third kappa shape index (κ3) is 5.78. The first kappa shape index (κ1) is 17.5. The molecule has 1 rings (SSSR count). The lowest BCUT2D eigenvalue weighted by Crippen LogP contribution is -2.36. The van der Waals surface area contributed by atoms with Crippen molar-refractivity contribution in [2.24, 2.45) is 0 Å². The van der Waals surface area contributed by atoms with Gasteiger partial charge in [-0.1, -0.05) is 12.1 Å². The van der Waals surface area contributed by atoms with Gasteiger partial charge in [-0.3, -0.25) is 19.8 Å². The molecule has 0 saturated heterocycles. The zero-order valence-corrected chi connectivity index (χ0v) is 13.6. The number of carbonyl (C=O) groups is 1. The molecule has 8 heteroatoms. The van der Waals surface area contributed by atoms with Gasteiger partial charge in [-0.25, -0.2) is 0 Å². The highest BCUT2D eigenvalue weighted by Gasteiger charge is 2.16. The number of nitrogens with zero attached hydrogens (tertiary/aromatic N) is 2. The molecule has 0 aliphatic heterocycles. The van der Waals surface area contributed by atoms with Crippen molar-refractivity contribution in [2.45, 2.75) is 6.54 Å². The zero-order valence-electron chi connectivity index (χ0n) is 12.0. The lowest BCUT2D eigenvalue weighted by atomic mass is 10.2.